The fourth-order valence-corrected chi connectivity index (χ4v) is 1.37. The van der Waals surface area contributed by atoms with Crippen LogP contribution >= 0.6 is 0 Å². The van der Waals surface area contributed by atoms with Crippen molar-refractivity contribution in [2.45, 2.75) is 39.2 Å². The number of rotatable bonds is 6. The minimum Gasteiger partial charge on any atom is -0.494 e. The summed E-state index contributed by atoms with van der Waals surface area (Å²) in [6.45, 7) is 4.61. The maximum Gasteiger partial charge on any atom is 0.119 e. The first-order valence-electron chi connectivity index (χ1n) is 5.56. The van der Waals surface area contributed by atoms with Crippen LogP contribution < -0.4 is 4.74 Å². The van der Waals surface area contributed by atoms with E-state index in [9.17, 15) is 0 Å². The van der Waals surface area contributed by atoms with Gasteiger partial charge in [0.05, 0.1) is 12.7 Å². The van der Waals surface area contributed by atoms with Crippen LogP contribution in [0.1, 0.15) is 31.7 Å². The predicted molar refractivity (Wildman–Crippen MR) is 62.2 cm³/mol. The number of aliphatic hydroxyl groups excluding tert-OH is 1. The first kappa shape index (κ1) is 12.1. The molecule has 0 bridgehead atoms. The van der Waals surface area contributed by atoms with Gasteiger partial charge in [0.2, 0.25) is 0 Å². The lowest BCUT2D eigenvalue weighted by molar-refractivity contribution is 0.177. The Hall–Kier alpha value is -1.02. The van der Waals surface area contributed by atoms with Crippen LogP contribution in [0.5, 0.6) is 5.75 Å². The van der Waals surface area contributed by atoms with Crippen molar-refractivity contribution in [3.8, 4) is 5.75 Å². The summed E-state index contributed by atoms with van der Waals surface area (Å²) in [6.07, 6.45) is 2.68. The average Bonchev–Trinajstić information content (AvgIpc) is 2.20. The SMILES string of the molecule is Cc1ccc(OCCCC[C@H](C)O)cc1. The van der Waals surface area contributed by atoms with Crippen LogP contribution in [0.3, 0.4) is 0 Å². The van der Waals surface area contributed by atoms with Gasteiger partial charge in [-0.15, -0.1) is 0 Å². The highest BCUT2D eigenvalue weighted by atomic mass is 16.5. The molecule has 0 fully saturated rings. The van der Waals surface area contributed by atoms with Crippen molar-refractivity contribution < 1.29 is 9.84 Å². The number of aliphatic hydroxyl groups is 1. The number of unbranched alkanes of at least 4 members (excludes halogenated alkanes) is 1. The normalized spacial score (nSPS) is 12.5. The highest BCUT2D eigenvalue weighted by Crippen LogP contribution is 2.12. The number of benzene rings is 1. The second-order valence-electron chi connectivity index (χ2n) is 4.01. The highest BCUT2D eigenvalue weighted by molar-refractivity contribution is 5.26. The summed E-state index contributed by atoms with van der Waals surface area (Å²) in [5.41, 5.74) is 1.25. The lowest BCUT2D eigenvalue weighted by Gasteiger charge is -2.07. The Kier molecular flexibility index (Phi) is 5.19. The molecule has 0 aromatic heterocycles. The molecular weight excluding hydrogens is 188 g/mol. The number of hydrogen-bond acceptors (Lipinski definition) is 2. The molecule has 1 rings (SSSR count). The molecule has 0 radical (unpaired) electrons. The fourth-order valence-electron chi connectivity index (χ4n) is 1.37. The summed E-state index contributed by atoms with van der Waals surface area (Å²) in [4.78, 5) is 0. The zero-order chi connectivity index (χ0) is 11.1. The summed E-state index contributed by atoms with van der Waals surface area (Å²) in [5.74, 6) is 0.928. The predicted octanol–water partition coefficient (Wildman–Crippen LogP) is 2.92. The monoisotopic (exact) mass is 208 g/mol. The molecule has 2 nitrogen and oxygen atoms in total. The van der Waals surface area contributed by atoms with Gasteiger partial charge in [-0.05, 0) is 45.2 Å². The van der Waals surface area contributed by atoms with Gasteiger partial charge in [-0.1, -0.05) is 17.7 Å². The van der Waals surface area contributed by atoms with E-state index in [1.165, 1.54) is 5.56 Å². The third-order valence-corrected chi connectivity index (χ3v) is 2.31. The molecule has 0 spiro atoms. The second kappa shape index (κ2) is 6.46. The van der Waals surface area contributed by atoms with Gasteiger partial charge >= 0.3 is 0 Å². The van der Waals surface area contributed by atoms with Gasteiger partial charge in [-0.25, -0.2) is 0 Å². The molecule has 1 aromatic carbocycles. The van der Waals surface area contributed by atoms with Gasteiger partial charge in [-0.3, -0.25) is 0 Å². The van der Waals surface area contributed by atoms with Crippen LogP contribution in [0.4, 0.5) is 0 Å². The zero-order valence-corrected chi connectivity index (χ0v) is 9.57. The van der Waals surface area contributed by atoms with E-state index >= 15 is 0 Å². The molecule has 0 aliphatic carbocycles. The van der Waals surface area contributed by atoms with Crippen LogP contribution in [-0.4, -0.2) is 17.8 Å². The Morgan fingerprint density at radius 1 is 1.20 bits per heavy atom. The van der Waals surface area contributed by atoms with E-state index < -0.39 is 0 Å². The first-order chi connectivity index (χ1) is 7.18. The van der Waals surface area contributed by atoms with Crippen molar-refractivity contribution in [1.82, 2.24) is 0 Å². The third kappa shape index (κ3) is 5.43. The minimum atomic E-state index is -0.190. The van der Waals surface area contributed by atoms with Gasteiger partial charge < -0.3 is 9.84 Å². The largest absolute Gasteiger partial charge is 0.494 e. The molecule has 0 saturated heterocycles. The van der Waals surface area contributed by atoms with Gasteiger partial charge in [0.15, 0.2) is 0 Å². The molecule has 84 valence electrons. The molecular formula is C13H20O2. The van der Waals surface area contributed by atoms with Gasteiger partial charge in [0.1, 0.15) is 5.75 Å². The first-order valence-corrected chi connectivity index (χ1v) is 5.56. The highest BCUT2D eigenvalue weighted by Gasteiger charge is 1.96. The molecule has 1 atom stereocenters. The molecule has 0 saturated carbocycles. The van der Waals surface area contributed by atoms with Crippen molar-refractivity contribution in [2.75, 3.05) is 6.61 Å². The smallest absolute Gasteiger partial charge is 0.119 e. The molecule has 0 heterocycles. The zero-order valence-electron chi connectivity index (χ0n) is 9.57. The maximum absolute atomic E-state index is 9.06. The summed E-state index contributed by atoms with van der Waals surface area (Å²) < 4.78 is 5.56. The van der Waals surface area contributed by atoms with E-state index in [1.54, 1.807) is 0 Å². The Balaban J connectivity index is 2.12. The minimum absolute atomic E-state index is 0.190. The molecule has 0 amide bonds. The number of ether oxygens (including phenoxy) is 1. The van der Waals surface area contributed by atoms with Crippen molar-refractivity contribution in [3.63, 3.8) is 0 Å². The molecule has 1 N–H and O–H groups in total. The topological polar surface area (TPSA) is 29.5 Å². The third-order valence-electron chi connectivity index (χ3n) is 2.31. The molecule has 2 heteroatoms. The quantitative estimate of drug-likeness (QED) is 0.728. The van der Waals surface area contributed by atoms with Crippen LogP contribution in [0.2, 0.25) is 0 Å². The standard InChI is InChI=1S/C13H20O2/c1-11-6-8-13(9-7-11)15-10-4-3-5-12(2)14/h6-9,12,14H,3-5,10H2,1-2H3/t12-/m0/s1. The number of aryl methyl sites for hydroxylation is 1. The molecule has 0 aliphatic heterocycles. The van der Waals surface area contributed by atoms with E-state index in [2.05, 4.69) is 6.92 Å². The van der Waals surface area contributed by atoms with E-state index in [1.807, 2.05) is 31.2 Å². The second-order valence-corrected chi connectivity index (χ2v) is 4.01. The Morgan fingerprint density at radius 3 is 2.47 bits per heavy atom. The van der Waals surface area contributed by atoms with E-state index in [0.717, 1.165) is 31.6 Å². The average molecular weight is 208 g/mol. The van der Waals surface area contributed by atoms with Crippen LogP contribution in [0.15, 0.2) is 24.3 Å². The Labute approximate surface area is 91.9 Å². The van der Waals surface area contributed by atoms with E-state index in [4.69, 9.17) is 9.84 Å². The summed E-state index contributed by atoms with van der Waals surface area (Å²) >= 11 is 0. The van der Waals surface area contributed by atoms with Gasteiger partial charge in [0.25, 0.3) is 0 Å². The molecule has 0 unspecified atom stereocenters. The molecule has 0 aliphatic rings. The number of hydrogen-bond donors (Lipinski definition) is 1. The summed E-state index contributed by atoms with van der Waals surface area (Å²) in [6, 6.07) is 8.07. The van der Waals surface area contributed by atoms with E-state index in [-0.39, 0.29) is 6.10 Å². The van der Waals surface area contributed by atoms with Gasteiger partial charge in [-0.2, -0.15) is 0 Å². The maximum atomic E-state index is 9.06. The molecule has 15 heavy (non-hydrogen) atoms. The lowest BCUT2D eigenvalue weighted by atomic mass is 10.2. The summed E-state index contributed by atoms with van der Waals surface area (Å²) in [5, 5.41) is 9.06. The Bertz CT molecular complexity index is 264. The van der Waals surface area contributed by atoms with Crippen LogP contribution in [0, 0.1) is 6.92 Å². The Morgan fingerprint density at radius 2 is 1.87 bits per heavy atom. The lowest BCUT2D eigenvalue weighted by Crippen LogP contribution is -2.02. The fraction of sp³-hybridized carbons (Fsp3) is 0.538. The van der Waals surface area contributed by atoms with Crippen molar-refractivity contribution in [3.05, 3.63) is 29.8 Å². The van der Waals surface area contributed by atoms with Crippen molar-refractivity contribution in [1.29, 1.82) is 0 Å². The van der Waals surface area contributed by atoms with Crippen LogP contribution in [-0.2, 0) is 0 Å². The van der Waals surface area contributed by atoms with E-state index in [0.29, 0.717) is 0 Å². The van der Waals surface area contributed by atoms with Crippen molar-refractivity contribution in [2.24, 2.45) is 0 Å². The summed E-state index contributed by atoms with van der Waals surface area (Å²) in [7, 11) is 0. The molecule has 1 aromatic rings. The van der Waals surface area contributed by atoms with Gasteiger partial charge in [0, 0.05) is 0 Å². The van der Waals surface area contributed by atoms with Crippen LogP contribution in [0.25, 0.3) is 0 Å². The van der Waals surface area contributed by atoms with Crippen molar-refractivity contribution >= 4 is 0 Å².